The minimum atomic E-state index is 0.0910. The van der Waals surface area contributed by atoms with E-state index in [1.807, 2.05) is 12.1 Å². The minimum absolute atomic E-state index is 0.0910. The Kier molecular flexibility index (Phi) is 4.18. The van der Waals surface area contributed by atoms with Crippen LogP contribution in [-0.4, -0.2) is 22.9 Å². The molecule has 1 N–H and O–H groups in total. The summed E-state index contributed by atoms with van der Waals surface area (Å²) in [6, 6.07) is 8.08. The van der Waals surface area contributed by atoms with E-state index >= 15 is 0 Å². The lowest BCUT2D eigenvalue weighted by atomic mass is 10.1. The Bertz CT molecular complexity index is 476. The standard InChI is InChI=1S/C14H19NO2/c1-2-9-17-10-8-15-7-6-13-12(11-16)4-3-5-14(13)15/h3-7,16H,2,8-11H2,1H3. The number of hydrogen-bond donors (Lipinski definition) is 1. The monoisotopic (exact) mass is 233 g/mol. The molecule has 92 valence electrons. The molecule has 0 bridgehead atoms. The number of aliphatic hydroxyl groups is 1. The van der Waals surface area contributed by atoms with Crippen LogP contribution in [0.5, 0.6) is 0 Å². The highest BCUT2D eigenvalue weighted by molar-refractivity contribution is 5.83. The number of fused-ring (bicyclic) bond motifs is 1. The predicted molar refractivity (Wildman–Crippen MR) is 69.0 cm³/mol. The van der Waals surface area contributed by atoms with Crippen LogP contribution in [-0.2, 0) is 17.9 Å². The minimum Gasteiger partial charge on any atom is -0.392 e. The van der Waals surface area contributed by atoms with Gasteiger partial charge in [0.05, 0.1) is 13.2 Å². The number of nitrogens with zero attached hydrogens (tertiary/aromatic N) is 1. The Morgan fingerprint density at radius 3 is 2.88 bits per heavy atom. The number of hydrogen-bond acceptors (Lipinski definition) is 2. The van der Waals surface area contributed by atoms with Crippen LogP contribution in [0.2, 0.25) is 0 Å². The number of ether oxygens (including phenoxy) is 1. The topological polar surface area (TPSA) is 34.4 Å². The van der Waals surface area contributed by atoms with E-state index in [4.69, 9.17) is 4.74 Å². The fourth-order valence-electron chi connectivity index (χ4n) is 2.03. The largest absolute Gasteiger partial charge is 0.392 e. The van der Waals surface area contributed by atoms with Crippen LogP contribution in [0.4, 0.5) is 0 Å². The van der Waals surface area contributed by atoms with E-state index in [-0.39, 0.29) is 6.61 Å². The lowest BCUT2D eigenvalue weighted by molar-refractivity contribution is 0.127. The van der Waals surface area contributed by atoms with Crippen LogP contribution in [0.3, 0.4) is 0 Å². The molecule has 1 heterocycles. The maximum absolute atomic E-state index is 9.26. The molecule has 0 aliphatic heterocycles. The summed E-state index contributed by atoms with van der Waals surface area (Å²) in [5.74, 6) is 0. The van der Waals surface area contributed by atoms with Crippen LogP contribution in [0.15, 0.2) is 30.5 Å². The summed E-state index contributed by atoms with van der Waals surface area (Å²) in [5, 5.41) is 10.4. The second-order valence-electron chi connectivity index (χ2n) is 4.13. The summed E-state index contributed by atoms with van der Waals surface area (Å²) in [4.78, 5) is 0. The van der Waals surface area contributed by atoms with Crippen LogP contribution in [0, 0.1) is 0 Å². The third-order valence-electron chi connectivity index (χ3n) is 2.90. The molecule has 0 saturated carbocycles. The molecule has 0 aliphatic carbocycles. The van der Waals surface area contributed by atoms with Gasteiger partial charge < -0.3 is 14.4 Å². The van der Waals surface area contributed by atoms with E-state index in [0.717, 1.165) is 42.6 Å². The van der Waals surface area contributed by atoms with Gasteiger partial charge >= 0.3 is 0 Å². The average Bonchev–Trinajstić information content (AvgIpc) is 2.78. The van der Waals surface area contributed by atoms with Crippen molar-refractivity contribution in [3.8, 4) is 0 Å². The van der Waals surface area contributed by atoms with Crippen molar-refractivity contribution in [1.82, 2.24) is 4.57 Å². The van der Waals surface area contributed by atoms with E-state index in [0.29, 0.717) is 0 Å². The maximum atomic E-state index is 9.26. The quantitative estimate of drug-likeness (QED) is 0.778. The molecule has 0 saturated heterocycles. The van der Waals surface area contributed by atoms with Gasteiger partial charge in [-0.3, -0.25) is 0 Å². The highest BCUT2D eigenvalue weighted by Gasteiger charge is 2.04. The second-order valence-corrected chi connectivity index (χ2v) is 4.13. The zero-order valence-electron chi connectivity index (χ0n) is 10.2. The van der Waals surface area contributed by atoms with Crippen molar-refractivity contribution >= 4 is 10.9 Å². The van der Waals surface area contributed by atoms with E-state index in [2.05, 4.69) is 29.8 Å². The third-order valence-corrected chi connectivity index (χ3v) is 2.90. The first-order valence-electron chi connectivity index (χ1n) is 6.12. The zero-order chi connectivity index (χ0) is 12.1. The van der Waals surface area contributed by atoms with Crippen molar-refractivity contribution < 1.29 is 9.84 Å². The van der Waals surface area contributed by atoms with Gasteiger partial charge in [0, 0.05) is 30.3 Å². The van der Waals surface area contributed by atoms with E-state index in [1.54, 1.807) is 0 Å². The van der Waals surface area contributed by atoms with Crippen molar-refractivity contribution in [1.29, 1.82) is 0 Å². The first kappa shape index (κ1) is 12.1. The third kappa shape index (κ3) is 2.68. The molecule has 0 fully saturated rings. The SMILES string of the molecule is CCCOCCn1ccc2c(CO)cccc21. The number of aromatic nitrogens is 1. The summed E-state index contributed by atoms with van der Waals surface area (Å²) in [6.07, 6.45) is 3.11. The summed E-state index contributed by atoms with van der Waals surface area (Å²) in [5.41, 5.74) is 2.15. The molecule has 0 unspecified atom stereocenters. The van der Waals surface area contributed by atoms with Gasteiger partial charge in [-0.05, 0) is 24.1 Å². The average molecular weight is 233 g/mol. The summed E-state index contributed by atoms with van der Waals surface area (Å²) in [6.45, 7) is 4.62. The van der Waals surface area contributed by atoms with Crippen molar-refractivity contribution in [2.75, 3.05) is 13.2 Å². The van der Waals surface area contributed by atoms with Gasteiger partial charge in [-0.25, -0.2) is 0 Å². The van der Waals surface area contributed by atoms with E-state index in [9.17, 15) is 5.11 Å². The Morgan fingerprint density at radius 1 is 1.24 bits per heavy atom. The first-order valence-corrected chi connectivity index (χ1v) is 6.12. The molecular weight excluding hydrogens is 214 g/mol. The molecule has 1 aromatic heterocycles. The van der Waals surface area contributed by atoms with Crippen LogP contribution in [0.1, 0.15) is 18.9 Å². The maximum Gasteiger partial charge on any atom is 0.0688 e. The fraction of sp³-hybridized carbons (Fsp3) is 0.429. The molecule has 2 rings (SSSR count). The highest BCUT2D eigenvalue weighted by Crippen LogP contribution is 2.20. The number of rotatable bonds is 6. The van der Waals surface area contributed by atoms with Crippen LogP contribution >= 0.6 is 0 Å². The Balaban J connectivity index is 2.13. The Labute approximate surface area is 102 Å². The van der Waals surface area contributed by atoms with Crippen molar-refractivity contribution in [3.63, 3.8) is 0 Å². The first-order chi connectivity index (χ1) is 8.36. The second kappa shape index (κ2) is 5.84. The van der Waals surface area contributed by atoms with Gasteiger partial charge in [-0.2, -0.15) is 0 Å². The number of aliphatic hydroxyl groups excluding tert-OH is 1. The predicted octanol–water partition coefficient (Wildman–Crippen LogP) is 2.56. The van der Waals surface area contributed by atoms with Gasteiger partial charge in [0.2, 0.25) is 0 Å². The molecule has 17 heavy (non-hydrogen) atoms. The van der Waals surface area contributed by atoms with Crippen molar-refractivity contribution in [2.45, 2.75) is 26.5 Å². The molecule has 1 aromatic carbocycles. The van der Waals surface area contributed by atoms with Crippen LogP contribution < -0.4 is 0 Å². The van der Waals surface area contributed by atoms with Gasteiger partial charge in [0.25, 0.3) is 0 Å². The molecular formula is C14H19NO2. The molecule has 0 atom stereocenters. The molecule has 0 aliphatic rings. The van der Waals surface area contributed by atoms with E-state index < -0.39 is 0 Å². The number of benzene rings is 1. The van der Waals surface area contributed by atoms with E-state index in [1.165, 1.54) is 0 Å². The Hall–Kier alpha value is -1.32. The molecule has 3 heteroatoms. The van der Waals surface area contributed by atoms with Crippen LogP contribution in [0.25, 0.3) is 10.9 Å². The summed E-state index contributed by atoms with van der Waals surface area (Å²) >= 11 is 0. The van der Waals surface area contributed by atoms with Crippen molar-refractivity contribution in [2.24, 2.45) is 0 Å². The van der Waals surface area contributed by atoms with Gasteiger partial charge in [0.15, 0.2) is 0 Å². The lowest BCUT2D eigenvalue weighted by Gasteiger charge is -2.07. The summed E-state index contributed by atoms with van der Waals surface area (Å²) in [7, 11) is 0. The summed E-state index contributed by atoms with van der Waals surface area (Å²) < 4.78 is 7.66. The fourth-order valence-corrected chi connectivity index (χ4v) is 2.03. The molecule has 2 aromatic rings. The normalized spacial score (nSPS) is 11.2. The smallest absolute Gasteiger partial charge is 0.0688 e. The highest BCUT2D eigenvalue weighted by atomic mass is 16.5. The van der Waals surface area contributed by atoms with Gasteiger partial charge in [-0.1, -0.05) is 19.1 Å². The molecule has 3 nitrogen and oxygen atoms in total. The van der Waals surface area contributed by atoms with Gasteiger partial charge in [-0.15, -0.1) is 0 Å². The Morgan fingerprint density at radius 2 is 2.12 bits per heavy atom. The zero-order valence-corrected chi connectivity index (χ0v) is 10.2. The van der Waals surface area contributed by atoms with Crippen molar-refractivity contribution in [3.05, 3.63) is 36.0 Å². The molecule has 0 amide bonds. The molecule has 0 radical (unpaired) electrons. The van der Waals surface area contributed by atoms with Gasteiger partial charge in [0.1, 0.15) is 0 Å². The molecule has 0 spiro atoms. The lowest BCUT2D eigenvalue weighted by Crippen LogP contribution is -2.05.